The molecule has 6 heteroatoms. The number of aromatic nitrogens is 4. The summed E-state index contributed by atoms with van der Waals surface area (Å²) >= 11 is 1.26. The summed E-state index contributed by atoms with van der Waals surface area (Å²) in [6, 6.07) is 0. The topological polar surface area (TPSA) is 80.5 Å². The number of nitrogens with zero attached hydrogens (tertiary/aromatic N) is 3. The van der Waals surface area contributed by atoms with Crippen molar-refractivity contribution in [3.8, 4) is 10.4 Å². The van der Waals surface area contributed by atoms with Crippen molar-refractivity contribution < 1.29 is 0 Å². The van der Waals surface area contributed by atoms with Crippen LogP contribution in [-0.4, -0.2) is 19.8 Å². The van der Waals surface area contributed by atoms with Gasteiger partial charge in [-0.25, -0.2) is 0 Å². The monoisotopic (exact) mass is 167 g/mol. The van der Waals surface area contributed by atoms with Crippen molar-refractivity contribution in [3.05, 3.63) is 12.4 Å². The number of H-pyrrole nitrogens is 1. The van der Waals surface area contributed by atoms with Crippen LogP contribution in [0.4, 0.5) is 5.82 Å². The highest BCUT2D eigenvalue weighted by Crippen LogP contribution is 2.25. The zero-order chi connectivity index (χ0) is 7.68. The summed E-state index contributed by atoms with van der Waals surface area (Å²) in [5.74, 6) is 0.455. The van der Waals surface area contributed by atoms with Gasteiger partial charge in [-0.15, -0.1) is 5.10 Å². The average molecular weight is 167 g/mol. The van der Waals surface area contributed by atoms with Crippen molar-refractivity contribution in [1.29, 1.82) is 0 Å². The zero-order valence-corrected chi connectivity index (χ0v) is 6.30. The van der Waals surface area contributed by atoms with E-state index in [9.17, 15) is 0 Å². The van der Waals surface area contributed by atoms with E-state index in [0.717, 1.165) is 10.4 Å². The first-order chi connectivity index (χ1) is 5.38. The van der Waals surface area contributed by atoms with Crippen LogP contribution in [0.5, 0.6) is 0 Å². The van der Waals surface area contributed by atoms with Gasteiger partial charge in [0, 0.05) is 11.8 Å². The first-order valence-electron chi connectivity index (χ1n) is 2.95. The molecule has 0 aliphatic rings. The van der Waals surface area contributed by atoms with Gasteiger partial charge in [0.05, 0.1) is 6.20 Å². The molecule has 0 aliphatic heterocycles. The van der Waals surface area contributed by atoms with Gasteiger partial charge >= 0.3 is 0 Å². The predicted octanol–water partition coefficient (Wildman–Crippen LogP) is 0.510. The summed E-state index contributed by atoms with van der Waals surface area (Å²) < 4.78 is 3.70. The van der Waals surface area contributed by atoms with Gasteiger partial charge in [-0.3, -0.25) is 5.10 Å². The van der Waals surface area contributed by atoms with Crippen molar-refractivity contribution in [3.63, 3.8) is 0 Å². The smallest absolute Gasteiger partial charge is 0.166 e. The summed E-state index contributed by atoms with van der Waals surface area (Å²) in [5.41, 5.74) is 6.46. The maximum Gasteiger partial charge on any atom is 0.166 e. The molecule has 2 rings (SSSR count). The molecule has 56 valence electrons. The molecule has 0 fully saturated rings. The number of anilines is 1. The molecule has 2 aromatic rings. The van der Waals surface area contributed by atoms with Crippen LogP contribution >= 0.6 is 11.5 Å². The molecule has 2 aromatic heterocycles. The van der Waals surface area contributed by atoms with E-state index in [4.69, 9.17) is 5.73 Å². The van der Waals surface area contributed by atoms with Crippen molar-refractivity contribution >= 4 is 17.4 Å². The minimum atomic E-state index is 0.455. The quantitative estimate of drug-likeness (QED) is 0.648. The molecule has 2 heterocycles. The first-order valence-corrected chi connectivity index (χ1v) is 3.72. The molecule has 0 spiro atoms. The third-order valence-electron chi connectivity index (χ3n) is 1.27. The standard InChI is InChI=1S/C5H5N5S/c6-5-4(11-10-9-5)3-1-7-8-2-3/h1-2H,6H2,(H,7,8). The molecular formula is C5H5N5S. The normalized spacial score (nSPS) is 10.2. The van der Waals surface area contributed by atoms with Gasteiger partial charge in [0.15, 0.2) is 5.82 Å². The molecule has 0 aromatic carbocycles. The van der Waals surface area contributed by atoms with E-state index in [2.05, 4.69) is 19.8 Å². The minimum absolute atomic E-state index is 0.455. The number of hydrogen-bond acceptors (Lipinski definition) is 5. The van der Waals surface area contributed by atoms with E-state index in [1.165, 1.54) is 11.5 Å². The Labute approximate surface area is 66.4 Å². The summed E-state index contributed by atoms with van der Waals surface area (Å²) in [6.07, 6.45) is 3.44. The van der Waals surface area contributed by atoms with Crippen LogP contribution in [0, 0.1) is 0 Å². The van der Waals surface area contributed by atoms with Gasteiger partial charge in [0.1, 0.15) is 4.88 Å². The van der Waals surface area contributed by atoms with Gasteiger partial charge in [0.2, 0.25) is 0 Å². The zero-order valence-electron chi connectivity index (χ0n) is 5.48. The van der Waals surface area contributed by atoms with Crippen molar-refractivity contribution in [2.75, 3.05) is 5.73 Å². The third kappa shape index (κ3) is 0.966. The van der Waals surface area contributed by atoms with E-state index in [1.54, 1.807) is 12.4 Å². The number of aromatic amines is 1. The fraction of sp³-hybridized carbons (Fsp3) is 0. The summed E-state index contributed by atoms with van der Waals surface area (Å²) in [5, 5.41) is 10.2. The highest BCUT2D eigenvalue weighted by atomic mass is 32.1. The number of nitrogens with one attached hydrogen (secondary N) is 1. The van der Waals surface area contributed by atoms with E-state index < -0.39 is 0 Å². The molecule has 0 unspecified atom stereocenters. The number of hydrogen-bond donors (Lipinski definition) is 2. The Morgan fingerprint density at radius 2 is 2.45 bits per heavy atom. The molecule has 0 bridgehead atoms. The molecule has 0 radical (unpaired) electrons. The molecule has 11 heavy (non-hydrogen) atoms. The molecule has 0 saturated carbocycles. The van der Waals surface area contributed by atoms with Crippen molar-refractivity contribution in [2.45, 2.75) is 0 Å². The van der Waals surface area contributed by atoms with Gasteiger partial charge in [-0.05, 0) is 11.5 Å². The van der Waals surface area contributed by atoms with Crippen LogP contribution < -0.4 is 5.73 Å². The second-order valence-electron chi connectivity index (χ2n) is 1.97. The summed E-state index contributed by atoms with van der Waals surface area (Å²) in [7, 11) is 0. The van der Waals surface area contributed by atoms with Crippen molar-refractivity contribution in [2.24, 2.45) is 0 Å². The highest BCUT2D eigenvalue weighted by molar-refractivity contribution is 7.09. The predicted molar refractivity (Wildman–Crippen MR) is 41.9 cm³/mol. The van der Waals surface area contributed by atoms with Crippen LogP contribution in [-0.2, 0) is 0 Å². The Morgan fingerprint density at radius 1 is 1.55 bits per heavy atom. The van der Waals surface area contributed by atoms with E-state index >= 15 is 0 Å². The summed E-state index contributed by atoms with van der Waals surface area (Å²) in [4.78, 5) is 0.860. The largest absolute Gasteiger partial charge is 0.381 e. The third-order valence-corrected chi connectivity index (χ3v) is 2.06. The SMILES string of the molecule is Nc1nnsc1-c1cn[nH]c1. The van der Waals surface area contributed by atoms with Gasteiger partial charge in [0.25, 0.3) is 0 Å². The van der Waals surface area contributed by atoms with Gasteiger partial charge in [-0.1, -0.05) is 4.49 Å². The second kappa shape index (κ2) is 2.31. The fourth-order valence-corrected chi connectivity index (χ4v) is 1.33. The lowest BCUT2D eigenvalue weighted by Gasteiger charge is -1.86. The lowest BCUT2D eigenvalue weighted by molar-refractivity contribution is 1.09. The van der Waals surface area contributed by atoms with E-state index in [0.29, 0.717) is 5.82 Å². The van der Waals surface area contributed by atoms with Gasteiger partial charge in [-0.2, -0.15) is 5.10 Å². The Kier molecular flexibility index (Phi) is 1.32. The number of nitrogen functional groups attached to an aromatic ring is 1. The van der Waals surface area contributed by atoms with Crippen molar-refractivity contribution in [1.82, 2.24) is 19.8 Å². The second-order valence-corrected chi connectivity index (χ2v) is 2.73. The minimum Gasteiger partial charge on any atom is -0.381 e. The van der Waals surface area contributed by atoms with E-state index in [-0.39, 0.29) is 0 Å². The molecule has 3 N–H and O–H groups in total. The maximum absolute atomic E-state index is 5.53. The molecular weight excluding hydrogens is 162 g/mol. The van der Waals surface area contributed by atoms with Crippen LogP contribution in [0.3, 0.4) is 0 Å². The van der Waals surface area contributed by atoms with Crippen LogP contribution in [0.2, 0.25) is 0 Å². The fourth-order valence-electron chi connectivity index (χ4n) is 0.773. The summed E-state index contributed by atoms with van der Waals surface area (Å²) in [6.45, 7) is 0. The molecule has 0 aliphatic carbocycles. The van der Waals surface area contributed by atoms with E-state index in [1.807, 2.05) is 0 Å². The Balaban J connectivity index is 2.53. The van der Waals surface area contributed by atoms with Crippen LogP contribution in [0.1, 0.15) is 0 Å². The molecule has 0 atom stereocenters. The molecule has 5 nitrogen and oxygen atoms in total. The van der Waals surface area contributed by atoms with Crippen LogP contribution in [0.25, 0.3) is 10.4 Å². The Bertz CT molecular complexity index is 337. The Morgan fingerprint density at radius 3 is 3.00 bits per heavy atom. The molecule has 0 amide bonds. The number of rotatable bonds is 1. The number of nitrogens with two attached hydrogens (primary N) is 1. The maximum atomic E-state index is 5.53. The molecule has 0 saturated heterocycles. The lowest BCUT2D eigenvalue weighted by atomic mass is 10.3. The van der Waals surface area contributed by atoms with Crippen LogP contribution in [0.15, 0.2) is 12.4 Å². The highest BCUT2D eigenvalue weighted by Gasteiger charge is 2.06. The average Bonchev–Trinajstić information content (AvgIpc) is 2.55. The first kappa shape index (κ1) is 6.29. The lowest BCUT2D eigenvalue weighted by Crippen LogP contribution is -1.85. The Hall–Kier alpha value is -1.43. The van der Waals surface area contributed by atoms with Gasteiger partial charge < -0.3 is 5.73 Å².